The fourth-order valence-electron chi connectivity index (χ4n) is 2.54. The molecule has 0 aliphatic carbocycles. The number of fused-ring (bicyclic) bond motifs is 1. The van der Waals surface area contributed by atoms with E-state index in [2.05, 4.69) is 15.5 Å². The Labute approximate surface area is 121 Å². The molecule has 1 fully saturated rings. The molecule has 3 heterocycles. The molecule has 3 rings (SSSR count). The second-order valence-electron chi connectivity index (χ2n) is 5.19. The third kappa shape index (κ3) is 2.46. The van der Waals surface area contributed by atoms with Crippen molar-refractivity contribution in [3.8, 4) is 0 Å². The fourth-order valence-corrected chi connectivity index (χ4v) is 2.54. The molecule has 7 nitrogen and oxygen atoms in total. The number of hydrogen-bond donors (Lipinski definition) is 1. The molecule has 1 saturated heterocycles. The zero-order chi connectivity index (χ0) is 15.0. The number of rotatable bonds is 1. The zero-order valence-corrected chi connectivity index (χ0v) is 12.0. The SMILES string of the molecule is Cc1cc(C(=O)N2CCCNC(=O)C2)c2c(C)noc2n1. The number of hydrogen-bond acceptors (Lipinski definition) is 5. The summed E-state index contributed by atoms with van der Waals surface area (Å²) < 4.78 is 5.14. The Hall–Kier alpha value is -2.44. The largest absolute Gasteiger partial charge is 0.354 e. The van der Waals surface area contributed by atoms with Crippen LogP contribution in [0, 0.1) is 13.8 Å². The van der Waals surface area contributed by atoms with Crippen LogP contribution in [0.5, 0.6) is 0 Å². The third-order valence-electron chi connectivity index (χ3n) is 3.52. The summed E-state index contributed by atoms with van der Waals surface area (Å²) in [7, 11) is 0. The van der Waals surface area contributed by atoms with Gasteiger partial charge in [0.25, 0.3) is 11.6 Å². The van der Waals surface area contributed by atoms with E-state index in [4.69, 9.17) is 4.52 Å². The molecule has 2 aromatic rings. The summed E-state index contributed by atoms with van der Waals surface area (Å²) in [4.78, 5) is 30.2. The van der Waals surface area contributed by atoms with Crippen molar-refractivity contribution in [2.75, 3.05) is 19.6 Å². The minimum atomic E-state index is -0.186. The monoisotopic (exact) mass is 288 g/mol. The topological polar surface area (TPSA) is 88.3 Å². The Bertz CT molecular complexity index is 722. The van der Waals surface area contributed by atoms with E-state index in [1.807, 2.05) is 0 Å². The molecule has 0 bridgehead atoms. The number of nitrogens with one attached hydrogen (secondary N) is 1. The molecule has 0 radical (unpaired) electrons. The molecule has 0 saturated carbocycles. The van der Waals surface area contributed by atoms with Crippen molar-refractivity contribution < 1.29 is 14.1 Å². The van der Waals surface area contributed by atoms with Crippen LogP contribution in [0.3, 0.4) is 0 Å². The van der Waals surface area contributed by atoms with E-state index >= 15 is 0 Å². The molecule has 7 heteroatoms. The van der Waals surface area contributed by atoms with Crippen molar-refractivity contribution in [3.63, 3.8) is 0 Å². The van der Waals surface area contributed by atoms with Gasteiger partial charge in [0.2, 0.25) is 5.91 Å². The molecule has 0 aromatic carbocycles. The van der Waals surface area contributed by atoms with Gasteiger partial charge in [-0.15, -0.1) is 0 Å². The molecule has 0 spiro atoms. The van der Waals surface area contributed by atoms with Crippen molar-refractivity contribution >= 4 is 22.9 Å². The minimum absolute atomic E-state index is 0.0754. The van der Waals surface area contributed by atoms with Gasteiger partial charge in [0.05, 0.1) is 23.2 Å². The van der Waals surface area contributed by atoms with E-state index in [0.29, 0.717) is 41.1 Å². The van der Waals surface area contributed by atoms with Gasteiger partial charge in [-0.25, -0.2) is 4.98 Å². The van der Waals surface area contributed by atoms with Crippen LogP contribution < -0.4 is 5.32 Å². The summed E-state index contributed by atoms with van der Waals surface area (Å²) in [5, 5.41) is 7.25. The Morgan fingerprint density at radius 2 is 2.24 bits per heavy atom. The molecular formula is C14H16N4O3. The van der Waals surface area contributed by atoms with Gasteiger partial charge in [-0.2, -0.15) is 0 Å². The number of pyridine rings is 1. The number of carbonyl (C=O) groups is 2. The first-order valence-electron chi connectivity index (χ1n) is 6.86. The average molecular weight is 288 g/mol. The average Bonchev–Trinajstić information content (AvgIpc) is 2.68. The van der Waals surface area contributed by atoms with Crippen LogP contribution in [0.4, 0.5) is 0 Å². The molecular weight excluding hydrogens is 272 g/mol. The van der Waals surface area contributed by atoms with Gasteiger partial charge in [0.1, 0.15) is 0 Å². The summed E-state index contributed by atoms with van der Waals surface area (Å²) in [5.74, 6) is -0.321. The quantitative estimate of drug-likeness (QED) is 0.838. The van der Waals surface area contributed by atoms with E-state index in [1.54, 1.807) is 24.8 Å². The van der Waals surface area contributed by atoms with Gasteiger partial charge in [-0.3, -0.25) is 9.59 Å². The maximum absolute atomic E-state index is 12.8. The van der Waals surface area contributed by atoms with Crippen molar-refractivity contribution in [2.24, 2.45) is 0 Å². The van der Waals surface area contributed by atoms with E-state index < -0.39 is 0 Å². The summed E-state index contributed by atoms with van der Waals surface area (Å²) in [6.07, 6.45) is 0.743. The predicted octanol–water partition coefficient (Wildman–Crippen LogP) is 0.802. The zero-order valence-electron chi connectivity index (χ0n) is 12.0. The van der Waals surface area contributed by atoms with Crippen LogP contribution in [0.25, 0.3) is 11.1 Å². The standard InChI is InChI=1S/C14H16N4O3/c1-8-6-10(12-9(2)17-21-13(12)16-8)14(20)18-5-3-4-15-11(19)7-18/h6H,3-5,7H2,1-2H3,(H,15,19). The van der Waals surface area contributed by atoms with Crippen LogP contribution in [0.15, 0.2) is 10.6 Å². The number of carbonyl (C=O) groups excluding carboxylic acids is 2. The lowest BCUT2D eigenvalue weighted by atomic mass is 10.1. The molecule has 110 valence electrons. The lowest BCUT2D eigenvalue weighted by Gasteiger charge is -2.19. The maximum Gasteiger partial charge on any atom is 0.258 e. The smallest absolute Gasteiger partial charge is 0.258 e. The highest BCUT2D eigenvalue weighted by Gasteiger charge is 2.25. The van der Waals surface area contributed by atoms with Crippen molar-refractivity contribution in [2.45, 2.75) is 20.3 Å². The van der Waals surface area contributed by atoms with Crippen LogP contribution in [-0.2, 0) is 4.79 Å². The Kier molecular flexibility index (Phi) is 3.32. The molecule has 21 heavy (non-hydrogen) atoms. The molecule has 1 aliphatic heterocycles. The van der Waals surface area contributed by atoms with Crippen LogP contribution in [0.1, 0.15) is 28.2 Å². The number of nitrogens with zero attached hydrogens (tertiary/aromatic N) is 3. The van der Waals surface area contributed by atoms with Crippen LogP contribution >= 0.6 is 0 Å². The molecule has 1 N–H and O–H groups in total. The Balaban J connectivity index is 2.04. The molecule has 1 aliphatic rings. The first-order valence-corrected chi connectivity index (χ1v) is 6.86. The Morgan fingerprint density at radius 3 is 3.05 bits per heavy atom. The minimum Gasteiger partial charge on any atom is -0.354 e. The molecule has 0 atom stereocenters. The van der Waals surface area contributed by atoms with Gasteiger partial charge in [-0.05, 0) is 26.3 Å². The first-order chi connectivity index (χ1) is 10.1. The molecule has 0 unspecified atom stereocenters. The van der Waals surface area contributed by atoms with Gasteiger partial charge in [0.15, 0.2) is 0 Å². The Morgan fingerprint density at radius 1 is 1.43 bits per heavy atom. The van der Waals surface area contributed by atoms with Crippen molar-refractivity contribution in [3.05, 3.63) is 23.0 Å². The lowest BCUT2D eigenvalue weighted by Crippen LogP contribution is -2.37. The first kappa shape index (κ1) is 13.5. The van der Waals surface area contributed by atoms with Crippen LogP contribution in [-0.4, -0.2) is 46.5 Å². The van der Waals surface area contributed by atoms with E-state index in [1.165, 1.54) is 0 Å². The van der Waals surface area contributed by atoms with E-state index in [-0.39, 0.29) is 18.4 Å². The van der Waals surface area contributed by atoms with Crippen LogP contribution in [0.2, 0.25) is 0 Å². The highest BCUT2D eigenvalue weighted by molar-refractivity contribution is 6.06. The number of aromatic nitrogens is 2. The van der Waals surface area contributed by atoms with E-state index in [0.717, 1.165) is 6.42 Å². The highest BCUT2D eigenvalue weighted by atomic mass is 16.5. The lowest BCUT2D eigenvalue weighted by molar-refractivity contribution is -0.121. The van der Waals surface area contributed by atoms with Crippen molar-refractivity contribution in [1.82, 2.24) is 20.4 Å². The van der Waals surface area contributed by atoms with Crippen molar-refractivity contribution in [1.29, 1.82) is 0 Å². The van der Waals surface area contributed by atoms with Gasteiger partial charge in [0, 0.05) is 18.8 Å². The molecule has 2 aromatic heterocycles. The van der Waals surface area contributed by atoms with Gasteiger partial charge in [-0.1, -0.05) is 5.16 Å². The van der Waals surface area contributed by atoms with Gasteiger partial charge < -0.3 is 14.7 Å². The summed E-state index contributed by atoms with van der Waals surface area (Å²) in [5.41, 5.74) is 2.16. The summed E-state index contributed by atoms with van der Waals surface area (Å²) in [6.45, 7) is 4.79. The van der Waals surface area contributed by atoms with Gasteiger partial charge >= 0.3 is 0 Å². The number of aryl methyl sites for hydroxylation is 2. The highest BCUT2D eigenvalue weighted by Crippen LogP contribution is 2.23. The maximum atomic E-state index is 12.8. The second kappa shape index (κ2) is 5.16. The summed E-state index contributed by atoms with van der Waals surface area (Å²) >= 11 is 0. The normalized spacial score (nSPS) is 15.9. The molecule has 2 amide bonds. The third-order valence-corrected chi connectivity index (χ3v) is 3.52. The second-order valence-corrected chi connectivity index (χ2v) is 5.19. The number of amides is 2. The summed E-state index contributed by atoms with van der Waals surface area (Å²) in [6, 6.07) is 1.72. The van der Waals surface area contributed by atoms with E-state index in [9.17, 15) is 9.59 Å². The predicted molar refractivity (Wildman–Crippen MR) is 74.8 cm³/mol. The fraction of sp³-hybridized carbons (Fsp3) is 0.429.